The van der Waals surface area contributed by atoms with Gasteiger partial charge < -0.3 is 10.1 Å². The zero-order valence-electron chi connectivity index (χ0n) is 9.66. The van der Waals surface area contributed by atoms with Gasteiger partial charge in [0.25, 0.3) is 10.0 Å². The quantitative estimate of drug-likeness (QED) is 0.777. The summed E-state index contributed by atoms with van der Waals surface area (Å²) in [5, 5.41) is 9.34. The summed E-state index contributed by atoms with van der Waals surface area (Å²) in [5.41, 5.74) is 0.659. The van der Waals surface area contributed by atoms with Crippen LogP contribution in [0.1, 0.15) is 18.6 Å². The second-order valence-corrected chi connectivity index (χ2v) is 5.47. The van der Waals surface area contributed by atoms with Crippen LogP contribution in [-0.2, 0) is 10.0 Å². The second kappa shape index (κ2) is 4.79. The summed E-state index contributed by atoms with van der Waals surface area (Å²) >= 11 is 0. The Bertz CT molecular complexity index is 603. The first kappa shape index (κ1) is 12.6. The first-order valence-corrected chi connectivity index (χ1v) is 6.77. The number of hydrogen-bond acceptors (Lipinski definition) is 4. The summed E-state index contributed by atoms with van der Waals surface area (Å²) in [5.74, 6) is 0.162. The zero-order chi connectivity index (χ0) is 13.2. The van der Waals surface area contributed by atoms with Gasteiger partial charge in [-0.1, -0.05) is 12.1 Å². The van der Waals surface area contributed by atoms with Gasteiger partial charge in [-0.3, -0.25) is 0 Å². The van der Waals surface area contributed by atoms with Crippen LogP contribution in [0.15, 0.2) is 41.6 Å². The Morgan fingerprint density at radius 1 is 1.33 bits per heavy atom. The normalized spacial score (nSPS) is 13.2. The summed E-state index contributed by atoms with van der Waals surface area (Å²) in [6.45, 7) is 1.62. The number of nitrogens with zero attached hydrogens (tertiary/aromatic N) is 1. The van der Waals surface area contributed by atoms with Crippen LogP contribution in [-0.4, -0.2) is 23.5 Å². The third-order valence-electron chi connectivity index (χ3n) is 2.40. The molecule has 0 fully saturated rings. The molecule has 96 valence electrons. The van der Waals surface area contributed by atoms with Crippen molar-refractivity contribution < 1.29 is 13.5 Å². The number of nitrogens with one attached hydrogen (secondary N) is 2. The van der Waals surface area contributed by atoms with E-state index >= 15 is 0 Å². The molecule has 7 heteroatoms. The SMILES string of the molecule is CC(O)c1ccc(S(=O)(=O)Nc2ncc[nH]2)cc1. The minimum atomic E-state index is -3.65. The van der Waals surface area contributed by atoms with E-state index in [1.54, 1.807) is 19.1 Å². The number of imidazole rings is 1. The highest BCUT2D eigenvalue weighted by atomic mass is 32.2. The lowest BCUT2D eigenvalue weighted by Crippen LogP contribution is -2.14. The van der Waals surface area contributed by atoms with E-state index in [1.165, 1.54) is 24.5 Å². The Morgan fingerprint density at radius 3 is 2.50 bits per heavy atom. The van der Waals surface area contributed by atoms with Crippen LogP contribution in [0.3, 0.4) is 0 Å². The predicted molar refractivity (Wildman–Crippen MR) is 66.5 cm³/mol. The van der Waals surface area contributed by atoms with Gasteiger partial charge in [-0.05, 0) is 24.6 Å². The van der Waals surface area contributed by atoms with E-state index in [0.717, 1.165) is 0 Å². The number of rotatable bonds is 4. The van der Waals surface area contributed by atoms with E-state index in [1.807, 2.05) is 0 Å². The minimum absolute atomic E-state index is 0.114. The monoisotopic (exact) mass is 267 g/mol. The summed E-state index contributed by atoms with van der Waals surface area (Å²) in [7, 11) is -3.65. The number of hydrogen-bond donors (Lipinski definition) is 3. The fourth-order valence-corrected chi connectivity index (χ4v) is 2.41. The Labute approximate surface area is 105 Å². The third kappa shape index (κ3) is 2.69. The maximum absolute atomic E-state index is 11.9. The van der Waals surface area contributed by atoms with Gasteiger partial charge in [0.2, 0.25) is 5.95 Å². The maximum Gasteiger partial charge on any atom is 0.264 e. The van der Waals surface area contributed by atoms with E-state index in [4.69, 9.17) is 0 Å². The van der Waals surface area contributed by atoms with Crippen molar-refractivity contribution >= 4 is 16.0 Å². The zero-order valence-corrected chi connectivity index (χ0v) is 10.5. The Morgan fingerprint density at radius 2 is 2.00 bits per heavy atom. The summed E-state index contributed by atoms with van der Waals surface area (Å²) in [6.07, 6.45) is 2.35. The highest BCUT2D eigenvalue weighted by molar-refractivity contribution is 7.92. The van der Waals surface area contributed by atoms with E-state index in [2.05, 4.69) is 14.7 Å². The van der Waals surface area contributed by atoms with Crippen LogP contribution < -0.4 is 4.72 Å². The Kier molecular flexibility index (Phi) is 3.35. The van der Waals surface area contributed by atoms with E-state index in [0.29, 0.717) is 5.56 Å². The highest BCUT2D eigenvalue weighted by Crippen LogP contribution is 2.17. The highest BCUT2D eigenvalue weighted by Gasteiger charge is 2.15. The summed E-state index contributed by atoms with van der Waals surface area (Å²) in [6, 6.07) is 6.02. The Balaban J connectivity index is 2.25. The van der Waals surface area contributed by atoms with Crippen LogP contribution >= 0.6 is 0 Å². The van der Waals surface area contributed by atoms with Crippen molar-refractivity contribution in [3.8, 4) is 0 Å². The fraction of sp³-hybridized carbons (Fsp3) is 0.182. The summed E-state index contributed by atoms with van der Waals surface area (Å²) < 4.78 is 26.2. The number of aromatic nitrogens is 2. The van der Waals surface area contributed by atoms with Crippen molar-refractivity contribution in [1.29, 1.82) is 0 Å². The summed E-state index contributed by atoms with van der Waals surface area (Å²) in [4.78, 5) is 6.55. The molecule has 0 amide bonds. The molecule has 0 aliphatic heterocycles. The number of anilines is 1. The van der Waals surface area contributed by atoms with Crippen LogP contribution in [0, 0.1) is 0 Å². The fourth-order valence-electron chi connectivity index (χ4n) is 1.43. The molecule has 0 aliphatic rings. The second-order valence-electron chi connectivity index (χ2n) is 3.79. The van der Waals surface area contributed by atoms with Gasteiger partial charge in [0.1, 0.15) is 0 Å². The average Bonchev–Trinajstić information content (AvgIpc) is 2.81. The minimum Gasteiger partial charge on any atom is -0.389 e. The molecule has 0 radical (unpaired) electrons. The maximum atomic E-state index is 11.9. The van der Waals surface area contributed by atoms with E-state index < -0.39 is 16.1 Å². The number of H-pyrrole nitrogens is 1. The van der Waals surface area contributed by atoms with Crippen molar-refractivity contribution in [2.45, 2.75) is 17.9 Å². The Hall–Kier alpha value is -1.86. The lowest BCUT2D eigenvalue weighted by molar-refractivity contribution is 0.199. The van der Waals surface area contributed by atoms with Gasteiger partial charge in [-0.2, -0.15) is 0 Å². The molecule has 18 heavy (non-hydrogen) atoms. The van der Waals surface area contributed by atoms with Gasteiger partial charge in [0.15, 0.2) is 0 Å². The lowest BCUT2D eigenvalue weighted by atomic mass is 10.1. The molecule has 1 unspecified atom stereocenters. The molecule has 0 saturated carbocycles. The molecule has 6 nitrogen and oxygen atoms in total. The topological polar surface area (TPSA) is 95.1 Å². The third-order valence-corrected chi connectivity index (χ3v) is 3.76. The van der Waals surface area contributed by atoms with Gasteiger partial charge in [-0.25, -0.2) is 18.1 Å². The molecule has 0 aliphatic carbocycles. The van der Waals surface area contributed by atoms with Gasteiger partial charge in [0.05, 0.1) is 11.0 Å². The van der Waals surface area contributed by atoms with Crippen molar-refractivity contribution in [3.63, 3.8) is 0 Å². The number of aliphatic hydroxyl groups is 1. The molecular formula is C11H13N3O3S. The predicted octanol–water partition coefficient (Wildman–Crippen LogP) is 1.26. The van der Waals surface area contributed by atoms with E-state index in [-0.39, 0.29) is 10.8 Å². The van der Waals surface area contributed by atoms with Gasteiger partial charge >= 0.3 is 0 Å². The number of benzene rings is 1. The smallest absolute Gasteiger partial charge is 0.264 e. The first-order chi connectivity index (χ1) is 8.49. The van der Waals surface area contributed by atoms with Crippen molar-refractivity contribution in [2.75, 3.05) is 4.72 Å². The molecular weight excluding hydrogens is 254 g/mol. The van der Waals surface area contributed by atoms with Crippen LogP contribution in [0.2, 0.25) is 0 Å². The number of aromatic amines is 1. The molecule has 2 rings (SSSR count). The van der Waals surface area contributed by atoms with Crippen LogP contribution in [0.5, 0.6) is 0 Å². The van der Waals surface area contributed by atoms with Crippen molar-refractivity contribution in [2.24, 2.45) is 0 Å². The molecule has 1 heterocycles. The lowest BCUT2D eigenvalue weighted by Gasteiger charge is -2.07. The largest absolute Gasteiger partial charge is 0.389 e. The molecule has 2 aromatic rings. The standard InChI is InChI=1S/C11H13N3O3S/c1-8(15)9-2-4-10(5-3-9)18(16,17)14-11-12-6-7-13-11/h2-8,15H,1H3,(H2,12,13,14). The van der Waals surface area contributed by atoms with Gasteiger partial charge in [-0.15, -0.1) is 0 Å². The number of aliphatic hydroxyl groups excluding tert-OH is 1. The molecule has 1 atom stereocenters. The molecule has 1 aromatic carbocycles. The molecule has 3 N–H and O–H groups in total. The van der Waals surface area contributed by atoms with Crippen molar-refractivity contribution in [3.05, 3.63) is 42.2 Å². The van der Waals surface area contributed by atoms with Crippen molar-refractivity contribution in [1.82, 2.24) is 9.97 Å². The molecule has 1 aromatic heterocycles. The molecule has 0 saturated heterocycles. The van der Waals surface area contributed by atoms with E-state index in [9.17, 15) is 13.5 Å². The average molecular weight is 267 g/mol. The van der Waals surface area contributed by atoms with Crippen LogP contribution in [0.4, 0.5) is 5.95 Å². The molecule has 0 spiro atoms. The number of sulfonamides is 1. The molecule has 0 bridgehead atoms. The van der Waals surface area contributed by atoms with Gasteiger partial charge in [0, 0.05) is 12.4 Å². The first-order valence-electron chi connectivity index (χ1n) is 5.29. The van der Waals surface area contributed by atoms with Crippen LogP contribution in [0.25, 0.3) is 0 Å².